The van der Waals surface area contributed by atoms with Crippen LogP contribution in [0.3, 0.4) is 0 Å². The van der Waals surface area contributed by atoms with Gasteiger partial charge in [-0.1, -0.05) is 15.9 Å². The molecule has 4 heteroatoms. The second kappa shape index (κ2) is 5.19. The summed E-state index contributed by atoms with van der Waals surface area (Å²) in [5, 5.41) is 4.57. The van der Waals surface area contributed by atoms with Crippen LogP contribution in [0.5, 0.6) is 0 Å². The van der Waals surface area contributed by atoms with Crippen molar-refractivity contribution in [3.8, 4) is 0 Å². The van der Waals surface area contributed by atoms with Gasteiger partial charge in [-0.05, 0) is 44.5 Å². The van der Waals surface area contributed by atoms with E-state index in [-0.39, 0.29) is 0 Å². The van der Waals surface area contributed by atoms with E-state index in [1.807, 2.05) is 6.92 Å². The van der Waals surface area contributed by atoms with Gasteiger partial charge < -0.3 is 5.32 Å². The van der Waals surface area contributed by atoms with Crippen LogP contribution in [-0.2, 0) is 6.54 Å². The van der Waals surface area contributed by atoms with Gasteiger partial charge in [-0.25, -0.2) is 4.98 Å². The highest BCUT2D eigenvalue weighted by atomic mass is 79.9. The molecule has 2 rings (SSSR count). The van der Waals surface area contributed by atoms with Crippen molar-refractivity contribution in [2.45, 2.75) is 27.3 Å². The molecule has 0 amide bonds. The van der Waals surface area contributed by atoms with E-state index in [0.717, 1.165) is 27.4 Å². The Morgan fingerprint density at radius 2 is 2.00 bits per heavy atom. The van der Waals surface area contributed by atoms with Gasteiger partial charge in [0.25, 0.3) is 0 Å². The average molecular weight is 311 g/mol. The molecule has 0 aliphatic rings. The molecule has 1 aromatic heterocycles. The van der Waals surface area contributed by atoms with Crippen LogP contribution in [0.2, 0.25) is 0 Å². The first-order valence-electron chi connectivity index (χ1n) is 5.48. The number of anilines is 1. The van der Waals surface area contributed by atoms with Gasteiger partial charge in [-0.15, -0.1) is 11.3 Å². The molecular weight excluding hydrogens is 296 g/mol. The van der Waals surface area contributed by atoms with E-state index in [0.29, 0.717) is 0 Å². The molecule has 2 aromatic rings. The zero-order valence-corrected chi connectivity index (χ0v) is 12.6. The molecule has 0 radical (unpaired) electrons. The van der Waals surface area contributed by atoms with Crippen molar-refractivity contribution < 1.29 is 0 Å². The monoisotopic (exact) mass is 310 g/mol. The fraction of sp³-hybridized carbons (Fsp3) is 0.308. The SMILES string of the molecule is Cc1cc(Br)cc(NCc2sc(C)nc2C)c1. The highest BCUT2D eigenvalue weighted by Crippen LogP contribution is 2.22. The highest BCUT2D eigenvalue weighted by Gasteiger charge is 2.04. The van der Waals surface area contributed by atoms with Gasteiger partial charge in [0.05, 0.1) is 17.2 Å². The number of aryl methyl sites for hydroxylation is 3. The van der Waals surface area contributed by atoms with Crippen molar-refractivity contribution >= 4 is 33.0 Å². The minimum Gasteiger partial charge on any atom is -0.380 e. The van der Waals surface area contributed by atoms with Crippen LogP contribution in [0.25, 0.3) is 0 Å². The predicted molar refractivity (Wildman–Crippen MR) is 77.8 cm³/mol. The standard InChI is InChI=1S/C13H15BrN2S/c1-8-4-11(14)6-12(5-8)15-7-13-9(2)16-10(3)17-13/h4-6,15H,7H2,1-3H3. The van der Waals surface area contributed by atoms with Crippen LogP contribution >= 0.6 is 27.3 Å². The van der Waals surface area contributed by atoms with Crippen molar-refractivity contribution in [2.75, 3.05) is 5.32 Å². The topological polar surface area (TPSA) is 24.9 Å². The smallest absolute Gasteiger partial charge is 0.0900 e. The molecule has 90 valence electrons. The number of nitrogens with zero attached hydrogens (tertiary/aromatic N) is 1. The average Bonchev–Trinajstić information content (AvgIpc) is 2.53. The highest BCUT2D eigenvalue weighted by molar-refractivity contribution is 9.10. The van der Waals surface area contributed by atoms with Crippen LogP contribution in [0.15, 0.2) is 22.7 Å². The van der Waals surface area contributed by atoms with Crippen molar-refractivity contribution in [1.29, 1.82) is 0 Å². The molecule has 0 saturated carbocycles. The lowest BCUT2D eigenvalue weighted by Crippen LogP contribution is -1.99. The van der Waals surface area contributed by atoms with Gasteiger partial charge in [0.2, 0.25) is 0 Å². The Morgan fingerprint density at radius 3 is 2.59 bits per heavy atom. The Kier molecular flexibility index (Phi) is 3.84. The molecular formula is C13H15BrN2S. The van der Waals surface area contributed by atoms with E-state index < -0.39 is 0 Å². The van der Waals surface area contributed by atoms with E-state index in [2.05, 4.69) is 58.3 Å². The van der Waals surface area contributed by atoms with E-state index in [9.17, 15) is 0 Å². The number of rotatable bonds is 3. The minimum atomic E-state index is 0.841. The molecule has 17 heavy (non-hydrogen) atoms. The van der Waals surface area contributed by atoms with Crippen LogP contribution in [-0.4, -0.2) is 4.98 Å². The van der Waals surface area contributed by atoms with Crippen molar-refractivity contribution in [3.63, 3.8) is 0 Å². The lowest BCUT2D eigenvalue weighted by atomic mass is 10.2. The number of hydrogen-bond acceptors (Lipinski definition) is 3. The molecule has 0 bridgehead atoms. The lowest BCUT2D eigenvalue weighted by Gasteiger charge is -2.07. The minimum absolute atomic E-state index is 0.841. The normalized spacial score (nSPS) is 10.6. The lowest BCUT2D eigenvalue weighted by molar-refractivity contribution is 1.11. The number of thiazole rings is 1. The van der Waals surface area contributed by atoms with Crippen molar-refractivity contribution in [2.24, 2.45) is 0 Å². The van der Waals surface area contributed by atoms with Crippen LogP contribution in [0.4, 0.5) is 5.69 Å². The Morgan fingerprint density at radius 1 is 1.24 bits per heavy atom. The summed E-state index contributed by atoms with van der Waals surface area (Å²) < 4.78 is 1.11. The molecule has 1 heterocycles. The Bertz CT molecular complexity index is 514. The van der Waals surface area contributed by atoms with Gasteiger partial charge >= 0.3 is 0 Å². The summed E-state index contributed by atoms with van der Waals surface area (Å²) in [6, 6.07) is 6.34. The van der Waals surface area contributed by atoms with Gasteiger partial charge in [0, 0.05) is 15.0 Å². The number of benzene rings is 1. The zero-order valence-electron chi connectivity index (χ0n) is 10.2. The fourth-order valence-corrected chi connectivity index (χ4v) is 3.24. The van der Waals surface area contributed by atoms with Gasteiger partial charge in [-0.3, -0.25) is 0 Å². The third-order valence-electron chi connectivity index (χ3n) is 2.49. The molecule has 0 fully saturated rings. The van der Waals surface area contributed by atoms with Crippen LogP contribution < -0.4 is 5.32 Å². The molecule has 2 nitrogen and oxygen atoms in total. The first-order chi connectivity index (χ1) is 8.04. The first kappa shape index (κ1) is 12.6. The Balaban J connectivity index is 2.09. The largest absolute Gasteiger partial charge is 0.380 e. The van der Waals surface area contributed by atoms with Crippen LogP contribution in [0.1, 0.15) is 21.1 Å². The summed E-state index contributed by atoms with van der Waals surface area (Å²) in [4.78, 5) is 5.73. The molecule has 1 aromatic carbocycles. The maximum atomic E-state index is 4.43. The zero-order chi connectivity index (χ0) is 12.4. The summed E-state index contributed by atoms with van der Waals surface area (Å²) in [5.41, 5.74) is 3.52. The fourth-order valence-electron chi connectivity index (χ4n) is 1.76. The predicted octanol–water partition coefficient (Wildman–Crippen LogP) is 4.44. The Hall–Kier alpha value is -0.870. The first-order valence-corrected chi connectivity index (χ1v) is 7.09. The summed E-state index contributed by atoms with van der Waals surface area (Å²) in [5.74, 6) is 0. The van der Waals surface area contributed by atoms with E-state index in [4.69, 9.17) is 0 Å². The molecule has 0 atom stereocenters. The number of hydrogen-bond donors (Lipinski definition) is 1. The molecule has 0 saturated heterocycles. The molecule has 1 N–H and O–H groups in total. The maximum absolute atomic E-state index is 4.43. The molecule has 0 aliphatic carbocycles. The van der Waals surface area contributed by atoms with E-state index in [1.54, 1.807) is 11.3 Å². The molecule has 0 unspecified atom stereocenters. The maximum Gasteiger partial charge on any atom is 0.0900 e. The van der Waals surface area contributed by atoms with Gasteiger partial charge in [0.1, 0.15) is 0 Å². The summed E-state index contributed by atoms with van der Waals surface area (Å²) in [6.45, 7) is 7.04. The number of aromatic nitrogens is 1. The third-order valence-corrected chi connectivity index (χ3v) is 4.03. The molecule has 0 spiro atoms. The van der Waals surface area contributed by atoms with Crippen LogP contribution in [0, 0.1) is 20.8 Å². The number of nitrogens with one attached hydrogen (secondary N) is 1. The van der Waals surface area contributed by atoms with E-state index in [1.165, 1.54) is 10.4 Å². The second-order valence-corrected chi connectivity index (χ2v) is 6.32. The van der Waals surface area contributed by atoms with Gasteiger partial charge in [0.15, 0.2) is 0 Å². The summed E-state index contributed by atoms with van der Waals surface area (Å²) in [7, 11) is 0. The van der Waals surface area contributed by atoms with Crippen molar-refractivity contribution in [1.82, 2.24) is 4.98 Å². The molecule has 0 aliphatic heterocycles. The second-order valence-electron chi connectivity index (χ2n) is 4.11. The summed E-state index contributed by atoms with van der Waals surface area (Å²) in [6.07, 6.45) is 0. The Labute approximate surface area is 114 Å². The third kappa shape index (κ3) is 3.30. The quantitative estimate of drug-likeness (QED) is 0.906. The van der Waals surface area contributed by atoms with Gasteiger partial charge in [-0.2, -0.15) is 0 Å². The van der Waals surface area contributed by atoms with Crippen molar-refractivity contribution in [3.05, 3.63) is 43.8 Å². The number of halogens is 1. The van der Waals surface area contributed by atoms with E-state index >= 15 is 0 Å². The summed E-state index contributed by atoms with van der Waals surface area (Å²) >= 11 is 5.26.